The summed E-state index contributed by atoms with van der Waals surface area (Å²) in [5.41, 5.74) is 1.91. The van der Waals surface area contributed by atoms with E-state index in [1.807, 2.05) is 6.07 Å². The molecule has 0 amide bonds. The van der Waals surface area contributed by atoms with Crippen molar-refractivity contribution in [3.63, 3.8) is 0 Å². The average Bonchev–Trinajstić information content (AvgIpc) is 3.22. The number of hydrogen-bond acceptors (Lipinski definition) is 2. The van der Waals surface area contributed by atoms with E-state index >= 15 is 0 Å². The summed E-state index contributed by atoms with van der Waals surface area (Å²) in [6, 6.07) is 13.3. The smallest absolute Gasteiger partial charge is 0.119 e. The molecule has 0 aromatic heterocycles. The van der Waals surface area contributed by atoms with E-state index in [1.165, 1.54) is 29.2 Å². The molecule has 1 aliphatic rings. The number of benzene rings is 2. The number of hydrogen-bond donors (Lipinski definition) is 1. The largest absolute Gasteiger partial charge is 0.497 e. The third-order valence-corrected chi connectivity index (χ3v) is 4.51. The van der Waals surface area contributed by atoms with Crippen molar-refractivity contribution in [3.8, 4) is 5.75 Å². The van der Waals surface area contributed by atoms with Gasteiger partial charge >= 0.3 is 0 Å². The van der Waals surface area contributed by atoms with Crippen molar-refractivity contribution in [2.75, 3.05) is 13.7 Å². The molecular weight excluding hydrogens is 246 g/mol. The van der Waals surface area contributed by atoms with Gasteiger partial charge in [-0.2, -0.15) is 0 Å². The summed E-state index contributed by atoms with van der Waals surface area (Å²) >= 11 is 0. The van der Waals surface area contributed by atoms with Gasteiger partial charge in [-0.05, 0) is 59.7 Å². The lowest BCUT2D eigenvalue weighted by Crippen LogP contribution is -2.25. The van der Waals surface area contributed by atoms with Crippen molar-refractivity contribution in [2.45, 2.75) is 32.7 Å². The van der Waals surface area contributed by atoms with Gasteiger partial charge < -0.3 is 10.1 Å². The monoisotopic (exact) mass is 269 g/mol. The van der Waals surface area contributed by atoms with Crippen LogP contribution >= 0.6 is 0 Å². The lowest BCUT2D eigenvalue weighted by atomic mass is 10.0. The summed E-state index contributed by atoms with van der Waals surface area (Å²) in [5, 5.41) is 6.17. The van der Waals surface area contributed by atoms with Crippen molar-refractivity contribution < 1.29 is 4.74 Å². The maximum Gasteiger partial charge on any atom is 0.119 e. The molecule has 1 fully saturated rings. The molecule has 2 aromatic rings. The lowest BCUT2D eigenvalue weighted by molar-refractivity contribution is 0.415. The van der Waals surface area contributed by atoms with Crippen molar-refractivity contribution in [2.24, 2.45) is 5.41 Å². The van der Waals surface area contributed by atoms with Crippen LogP contribution in [0.15, 0.2) is 36.4 Å². The topological polar surface area (TPSA) is 21.3 Å². The molecule has 20 heavy (non-hydrogen) atoms. The summed E-state index contributed by atoms with van der Waals surface area (Å²) < 4.78 is 5.27. The first-order valence-electron chi connectivity index (χ1n) is 7.41. The fourth-order valence-corrected chi connectivity index (χ4v) is 2.55. The highest BCUT2D eigenvalue weighted by Crippen LogP contribution is 2.44. The van der Waals surface area contributed by atoms with Crippen LogP contribution in [-0.2, 0) is 0 Å². The Bertz CT molecular complexity index is 616. The Labute approximate surface area is 121 Å². The van der Waals surface area contributed by atoms with Crippen molar-refractivity contribution in [1.82, 2.24) is 5.32 Å². The predicted molar refractivity (Wildman–Crippen MR) is 84.3 cm³/mol. The van der Waals surface area contributed by atoms with Gasteiger partial charge in [0.2, 0.25) is 0 Å². The molecule has 0 spiro atoms. The summed E-state index contributed by atoms with van der Waals surface area (Å²) in [5.74, 6) is 0.915. The van der Waals surface area contributed by atoms with Crippen LogP contribution in [0, 0.1) is 5.41 Å². The van der Waals surface area contributed by atoms with Crippen LogP contribution in [-0.4, -0.2) is 13.7 Å². The van der Waals surface area contributed by atoms with E-state index in [1.54, 1.807) is 7.11 Å². The number of rotatable bonds is 5. The van der Waals surface area contributed by atoms with Crippen molar-refractivity contribution >= 4 is 10.8 Å². The molecule has 1 atom stereocenters. The van der Waals surface area contributed by atoms with Gasteiger partial charge in [0, 0.05) is 12.6 Å². The van der Waals surface area contributed by atoms with Crippen LogP contribution in [0.3, 0.4) is 0 Å². The van der Waals surface area contributed by atoms with Crippen LogP contribution < -0.4 is 10.1 Å². The SMILES string of the molecule is COc1ccc2cc(C(C)NCC3(C)CC3)ccc2c1. The second kappa shape index (κ2) is 5.10. The van der Waals surface area contributed by atoms with Gasteiger partial charge in [-0.25, -0.2) is 0 Å². The molecule has 2 nitrogen and oxygen atoms in total. The molecule has 0 radical (unpaired) electrons. The van der Waals surface area contributed by atoms with E-state index in [9.17, 15) is 0 Å². The normalized spacial score (nSPS) is 17.9. The molecule has 2 heteroatoms. The Morgan fingerprint density at radius 1 is 1.15 bits per heavy atom. The number of ether oxygens (including phenoxy) is 1. The van der Waals surface area contributed by atoms with Crippen LogP contribution in [0.1, 0.15) is 38.3 Å². The molecule has 0 heterocycles. The van der Waals surface area contributed by atoms with E-state index in [2.05, 4.69) is 49.5 Å². The quantitative estimate of drug-likeness (QED) is 0.874. The average molecular weight is 269 g/mol. The third-order valence-electron chi connectivity index (χ3n) is 4.51. The molecule has 1 unspecified atom stereocenters. The van der Waals surface area contributed by atoms with Gasteiger partial charge in [-0.1, -0.05) is 25.1 Å². The maximum absolute atomic E-state index is 5.27. The van der Waals surface area contributed by atoms with E-state index in [4.69, 9.17) is 4.74 Å². The fraction of sp³-hybridized carbons (Fsp3) is 0.444. The molecule has 1 saturated carbocycles. The van der Waals surface area contributed by atoms with Gasteiger partial charge in [-0.15, -0.1) is 0 Å². The second-order valence-corrected chi connectivity index (χ2v) is 6.39. The third kappa shape index (κ3) is 2.80. The van der Waals surface area contributed by atoms with Crippen molar-refractivity contribution in [1.29, 1.82) is 0 Å². The Hall–Kier alpha value is -1.54. The van der Waals surface area contributed by atoms with Crippen LogP contribution in [0.5, 0.6) is 5.75 Å². The first-order valence-corrected chi connectivity index (χ1v) is 7.41. The van der Waals surface area contributed by atoms with E-state index in [0.29, 0.717) is 11.5 Å². The van der Waals surface area contributed by atoms with Crippen molar-refractivity contribution in [3.05, 3.63) is 42.0 Å². The molecule has 1 N–H and O–H groups in total. The first-order chi connectivity index (χ1) is 9.59. The molecule has 2 aromatic carbocycles. The highest BCUT2D eigenvalue weighted by molar-refractivity contribution is 5.84. The highest BCUT2D eigenvalue weighted by atomic mass is 16.5. The maximum atomic E-state index is 5.27. The number of methoxy groups -OCH3 is 1. The molecule has 1 aliphatic carbocycles. The molecule has 0 saturated heterocycles. The zero-order valence-electron chi connectivity index (χ0n) is 12.6. The molecule has 3 rings (SSSR count). The zero-order chi connectivity index (χ0) is 14.2. The van der Waals surface area contributed by atoms with Gasteiger partial charge in [0.05, 0.1) is 7.11 Å². The minimum Gasteiger partial charge on any atom is -0.497 e. The van der Waals surface area contributed by atoms with Gasteiger partial charge in [0.25, 0.3) is 0 Å². The zero-order valence-corrected chi connectivity index (χ0v) is 12.6. The fourth-order valence-electron chi connectivity index (χ4n) is 2.55. The lowest BCUT2D eigenvalue weighted by Gasteiger charge is -2.18. The molecule has 0 bridgehead atoms. The van der Waals surface area contributed by atoms with Gasteiger partial charge in [0.1, 0.15) is 5.75 Å². The summed E-state index contributed by atoms with van der Waals surface area (Å²) in [6.07, 6.45) is 2.73. The predicted octanol–water partition coefficient (Wildman–Crippen LogP) is 4.30. The summed E-state index contributed by atoms with van der Waals surface area (Å²) in [7, 11) is 1.71. The van der Waals surface area contributed by atoms with E-state index in [-0.39, 0.29) is 0 Å². The van der Waals surface area contributed by atoms with Crippen LogP contribution in [0.2, 0.25) is 0 Å². The minimum atomic E-state index is 0.402. The Morgan fingerprint density at radius 3 is 2.55 bits per heavy atom. The van der Waals surface area contributed by atoms with Crippen LogP contribution in [0.25, 0.3) is 10.8 Å². The van der Waals surface area contributed by atoms with E-state index in [0.717, 1.165) is 12.3 Å². The summed E-state index contributed by atoms with van der Waals surface area (Å²) in [4.78, 5) is 0. The number of fused-ring (bicyclic) bond motifs is 1. The van der Waals surface area contributed by atoms with E-state index < -0.39 is 0 Å². The Morgan fingerprint density at radius 2 is 1.85 bits per heavy atom. The summed E-state index contributed by atoms with van der Waals surface area (Å²) in [6.45, 7) is 5.73. The molecular formula is C18H23NO. The van der Waals surface area contributed by atoms with Crippen LogP contribution in [0.4, 0.5) is 0 Å². The second-order valence-electron chi connectivity index (χ2n) is 6.39. The molecule has 106 valence electrons. The Kier molecular flexibility index (Phi) is 3.43. The Balaban J connectivity index is 1.77. The first kappa shape index (κ1) is 13.4. The minimum absolute atomic E-state index is 0.402. The van der Waals surface area contributed by atoms with Gasteiger partial charge in [-0.3, -0.25) is 0 Å². The number of nitrogens with one attached hydrogen (secondary N) is 1. The highest BCUT2D eigenvalue weighted by Gasteiger charge is 2.36. The standard InChI is InChI=1S/C18H23NO/c1-13(19-12-18(2)8-9-18)14-4-5-16-11-17(20-3)7-6-15(16)10-14/h4-7,10-11,13,19H,8-9,12H2,1-3H3. The van der Waals surface area contributed by atoms with Gasteiger partial charge in [0.15, 0.2) is 0 Å². The molecule has 0 aliphatic heterocycles.